The highest BCUT2D eigenvalue weighted by atomic mass is 32.2. The zero-order valence-corrected chi connectivity index (χ0v) is 14.7. The highest BCUT2D eigenvalue weighted by Crippen LogP contribution is 2.35. The summed E-state index contributed by atoms with van der Waals surface area (Å²) >= 11 is 1.59. The Morgan fingerprint density at radius 3 is 2.58 bits per heavy atom. The summed E-state index contributed by atoms with van der Waals surface area (Å²) in [6.07, 6.45) is 1.95. The number of methoxy groups -OCH3 is 2. The lowest BCUT2D eigenvalue weighted by Crippen LogP contribution is -2.11. The molecule has 0 atom stereocenters. The molecule has 2 aromatic rings. The molecule has 0 spiro atoms. The van der Waals surface area contributed by atoms with E-state index in [1.165, 1.54) is 14.2 Å². The van der Waals surface area contributed by atoms with Crippen LogP contribution in [0.2, 0.25) is 0 Å². The van der Waals surface area contributed by atoms with Gasteiger partial charge in [-0.2, -0.15) is 11.8 Å². The molecule has 5 nitrogen and oxygen atoms in total. The number of carbonyl (C=O) groups excluding carboxylic acids is 1. The van der Waals surface area contributed by atoms with Crippen LogP contribution < -0.4 is 14.2 Å². The Morgan fingerprint density at radius 1 is 1.17 bits per heavy atom. The number of esters is 1. The molecule has 0 aliphatic carbocycles. The van der Waals surface area contributed by atoms with E-state index < -0.39 is 5.97 Å². The van der Waals surface area contributed by atoms with Crippen molar-refractivity contribution in [1.82, 2.24) is 0 Å². The molecule has 2 aromatic carbocycles. The summed E-state index contributed by atoms with van der Waals surface area (Å²) in [6, 6.07) is 10.2. The number of hydrogen-bond acceptors (Lipinski definition) is 6. The van der Waals surface area contributed by atoms with Crippen molar-refractivity contribution in [3.05, 3.63) is 53.1 Å². The van der Waals surface area contributed by atoms with Crippen molar-refractivity contribution in [3.63, 3.8) is 0 Å². The Kier molecular flexibility index (Phi) is 6.52. The Labute approximate surface area is 145 Å². The Balaban J connectivity index is 2.37. The van der Waals surface area contributed by atoms with E-state index >= 15 is 0 Å². The first-order valence-corrected chi connectivity index (χ1v) is 8.68. The molecule has 0 aromatic heterocycles. The summed E-state index contributed by atoms with van der Waals surface area (Å²) < 4.78 is 16.1. The first-order valence-electron chi connectivity index (χ1n) is 7.28. The second kappa shape index (κ2) is 8.61. The molecule has 1 N–H and O–H groups in total. The molecule has 0 radical (unpaired) electrons. The highest BCUT2D eigenvalue weighted by molar-refractivity contribution is 7.97. The van der Waals surface area contributed by atoms with Crippen molar-refractivity contribution in [3.8, 4) is 17.2 Å². The first-order chi connectivity index (χ1) is 11.6. The van der Waals surface area contributed by atoms with Crippen LogP contribution in [-0.2, 0) is 12.4 Å². The van der Waals surface area contributed by atoms with E-state index in [1.54, 1.807) is 42.1 Å². The maximum absolute atomic E-state index is 12.5. The summed E-state index contributed by atoms with van der Waals surface area (Å²) in [7, 11) is 3.04. The second-order valence-electron chi connectivity index (χ2n) is 5.00. The van der Waals surface area contributed by atoms with E-state index in [4.69, 9.17) is 14.2 Å². The maximum Gasteiger partial charge on any atom is 0.343 e. The minimum absolute atomic E-state index is 0.109. The van der Waals surface area contributed by atoms with Crippen molar-refractivity contribution in [2.24, 2.45) is 0 Å². The molecule has 0 heterocycles. The van der Waals surface area contributed by atoms with Gasteiger partial charge in [-0.3, -0.25) is 0 Å². The van der Waals surface area contributed by atoms with Gasteiger partial charge in [-0.1, -0.05) is 6.07 Å². The molecule has 0 unspecified atom stereocenters. The summed E-state index contributed by atoms with van der Waals surface area (Å²) in [5.41, 5.74) is 1.89. The van der Waals surface area contributed by atoms with Gasteiger partial charge in [0.15, 0.2) is 11.5 Å². The van der Waals surface area contributed by atoms with Gasteiger partial charge in [0.25, 0.3) is 0 Å². The molecule has 2 rings (SSSR count). The van der Waals surface area contributed by atoms with Gasteiger partial charge in [0.05, 0.1) is 26.4 Å². The van der Waals surface area contributed by atoms with E-state index in [0.29, 0.717) is 34.1 Å². The van der Waals surface area contributed by atoms with Gasteiger partial charge in [0.1, 0.15) is 5.75 Å². The van der Waals surface area contributed by atoms with Gasteiger partial charge in [-0.05, 0) is 42.2 Å². The van der Waals surface area contributed by atoms with Crippen LogP contribution in [0.15, 0.2) is 36.4 Å². The van der Waals surface area contributed by atoms with E-state index in [9.17, 15) is 9.90 Å². The Bertz CT molecular complexity index is 715. The van der Waals surface area contributed by atoms with Crippen molar-refractivity contribution >= 4 is 17.7 Å². The molecule has 24 heavy (non-hydrogen) atoms. The lowest BCUT2D eigenvalue weighted by atomic mass is 10.1. The number of ether oxygens (including phenoxy) is 3. The number of aliphatic hydroxyl groups is 1. The third-order valence-corrected chi connectivity index (χ3v) is 3.99. The maximum atomic E-state index is 12.5. The first kappa shape index (κ1) is 18.2. The monoisotopic (exact) mass is 348 g/mol. The van der Waals surface area contributed by atoms with E-state index in [0.717, 1.165) is 5.56 Å². The quantitative estimate of drug-likeness (QED) is 0.612. The predicted octanol–water partition coefficient (Wildman–Crippen LogP) is 3.28. The molecule has 0 amide bonds. The van der Waals surface area contributed by atoms with Gasteiger partial charge in [-0.25, -0.2) is 4.79 Å². The van der Waals surface area contributed by atoms with Crippen LogP contribution in [0, 0.1) is 0 Å². The molecule has 0 aliphatic heterocycles. The zero-order valence-electron chi connectivity index (χ0n) is 13.9. The van der Waals surface area contributed by atoms with Gasteiger partial charge in [0.2, 0.25) is 0 Å². The third-order valence-electron chi connectivity index (χ3n) is 3.39. The summed E-state index contributed by atoms with van der Waals surface area (Å²) in [4.78, 5) is 12.5. The minimum Gasteiger partial charge on any atom is -0.497 e. The number of carbonyl (C=O) groups is 1. The largest absolute Gasteiger partial charge is 0.497 e. The molecule has 0 aliphatic rings. The number of aliphatic hydroxyl groups excluding tert-OH is 1. The van der Waals surface area contributed by atoms with Crippen LogP contribution in [0.4, 0.5) is 0 Å². The standard InChI is InChI=1S/C18H20O5S/c1-21-15-6-4-5-13(9-15)18(20)23-17-14(11-24-3)7-12(10-19)8-16(17)22-2/h4-9,19H,10-11H2,1-3H3. The Morgan fingerprint density at radius 2 is 1.96 bits per heavy atom. The summed E-state index contributed by atoms with van der Waals surface area (Å²) in [6.45, 7) is -0.109. The zero-order chi connectivity index (χ0) is 17.5. The van der Waals surface area contributed by atoms with Crippen LogP contribution in [0.5, 0.6) is 17.2 Å². The summed E-state index contributed by atoms with van der Waals surface area (Å²) in [5.74, 6) is 1.51. The molecule has 0 fully saturated rings. The van der Waals surface area contributed by atoms with E-state index in [1.807, 2.05) is 12.3 Å². The minimum atomic E-state index is -0.494. The predicted molar refractivity (Wildman–Crippen MR) is 94.1 cm³/mol. The van der Waals surface area contributed by atoms with Gasteiger partial charge >= 0.3 is 5.97 Å². The summed E-state index contributed by atoms with van der Waals surface area (Å²) in [5, 5.41) is 9.37. The van der Waals surface area contributed by atoms with E-state index in [2.05, 4.69) is 0 Å². The van der Waals surface area contributed by atoms with E-state index in [-0.39, 0.29) is 6.61 Å². The van der Waals surface area contributed by atoms with Crippen molar-refractivity contribution in [1.29, 1.82) is 0 Å². The second-order valence-corrected chi connectivity index (χ2v) is 5.86. The topological polar surface area (TPSA) is 65.0 Å². The molecule has 0 bridgehead atoms. The molecule has 128 valence electrons. The average molecular weight is 348 g/mol. The molecule has 0 saturated heterocycles. The van der Waals surface area contributed by atoms with Crippen LogP contribution in [-0.4, -0.2) is 31.6 Å². The highest BCUT2D eigenvalue weighted by Gasteiger charge is 2.18. The molecular weight excluding hydrogens is 328 g/mol. The smallest absolute Gasteiger partial charge is 0.343 e. The number of thioether (sulfide) groups is 1. The SMILES string of the molecule is COc1cccc(C(=O)Oc2c(CSC)cc(CO)cc2OC)c1. The van der Waals surface area contributed by atoms with Crippen LogP contribution in [0.1, 0.15) is 21.5 Å². The molecule has 0 saturated carbocycles. The van der Waals surface area contributed by atoms with Crippen molar-refractivity contribution in [2.75, 3.05) is 20.5 Å². The van der Waals surface area contributed by atoms with Crippen LogP contribution in [0.25, 0.3) is 0 Å². The molecule has 6 heteroatoms. The third kappa shape index (κ3) is 4.21. The van der Waals surface area contributed by atoms with Gasteiger partial charge < -0.3 is 19.3 Å². The van der Waals surface area contributed by atoms with Gasteiger partial charge in [0, 0.05) is 11.3 Å². The van der Waals surface area contributed by atoms with Crippen LogP contribution in [0.3, 0.4) is 0 Å². The Hall–Kier alpha value is -2.18. The fourth-order valence-corrected chi connectivity index (χ4v) is 2.77. The van der Waals surface area contributed by atoms with Crippen molar-refractivity contribution in [2.45, 2.75) is 12.4 Å². The lowest BCUT2D eigenvalue weighted by molar-refractivity contribution is 0.0728. The number of hydrogen-bond donors (Lipinski definition) is 1. The lowest BCUT2D eigenvalue weighted by Gasteiger charge is -2.15. The fraction of sp³-hybridized carbons (Fsp3) is 0.278. The fourth-order valence-electron chi connectivity index (χ4n) is 2.25. The van der Waals surface area contributed by atoms with Gasteiger partial charge in [-0.15, -0.1) is 0 Å². The number of benzene rings is 2. The average Bonchev–Trinajstić information content (AvgIpc) is 2.62. The van der Waals surface area contributed by atoms with Crippen molar-refractivity contribution < 1.29 is 24.1 Å². The number of rotatable bonds is 7. The normalized spacial score (nSPS) is 10.3. The molecular formula is C18H20O5S. The van der Waals surface area contributed by atoms with Crippen LogP contribution >= 0.6 is 11.8 Å².